The fraction of sp³-hybridized carbons (Fsp3) is 0.828. The van der Waals surface area contributed by atoms with Gasteiger partial charge in [0.2, 0.25) is 11.8 Å². The minimum absolute atomic E-state index is 0.0485. The van der Waals surface area contributed by atoms with Crippen molar-refractivity contribution in [2.24, 2.45) is 0 Å². The van der Waals surface area contributed by atoms with Gasteiger partial charge in [-0.15, -0.1) is 0 Å². The average molecular weight is 512 g/mol. The topological polar surface area (TPSA) is 98.7 Å². The van der Waals surface area contributed by atoms with E-state index in [1.807, 2.05) is 0 Å². The van der Waals surface area contributed by atoms with Gasteiger partial charge in [-0.3, -0.25) is 9.59 Å². The van der Waals surface area contributed by atoms with Gasteiger partial charge in [0.25, 0.3) is 0 Å². The number of carbonyl (C=O) groups excluding carboxylic acids is 2. The summed E-state index contributed by atoms with van der Waals surface area (Å²) >= 11 is 0. The molecule has 0 saturated carbocycles. The number of nitrogens with one attached hydrogen (secondary N) is 2. The van der Waals surface area contributed by atoms with Crippen LogP contribution in [0.5, 0.6) is 0 Å². The van der Waals surface area contributed by atoms with E-state index >= 15 is 0 Å². The van der Waals surface area contributed by atoms with Crippen LogP contribution in [0.15, 0.2) is 12.7 Å². The highest BCUT2D eigenvalue weighted by Gasteiger charge is 2.09. The lowest BCUT2D eigenvalue weighted by Gasteiger charge is -2.21. The Hall–Kier alpha value is -1.89. The summed E-state index contributed by atoms with van der Waals surface area (Å²) < 4.78 is 0. The molecule has 0 spiro atoms. The maximum atomic E-state index is 12.0. The molecule has 0 aromatic carbocycles. The maximum Gasteiger partial charge on any atom is 0.327 e. The van der Waals surface area contributed by atoms with Crippen molar-refractivity contribution in [1.82, 2.24) is 15.5 Å². The molecule has 0 radical (unpaired) electrons. The number of aliphatic carboxylic acids is 1. The molecular formula is C29H57N3O4. The van der Waals surface area contributed by atoms with Gasteiger partial charge in [-0.1, -0.05) is 98.0 Å². The Balaban J connectivity index is 0. The molecule has 0 atom stereocenters. The standard InChI is InChI=1S/C26H53N3O2.C3H4O2/c1-4-7-10-11-12-13-14-15-16-17-19-27-25(30)24-26(31)28-20-18-23-29(21-8-5-2)22-9-6-3;1-2-3(4)5/h4-24H2,1-3H3,(H,27,30)(H,28,31);2H,1H2,(H,4,5). The Labute approximate surface area is 221 Å². The van der Waals surface area contributed by atoms with Gasteiger partial charge in [0, 0.05) is 19.2 Å². The normalized spacial score (nSPS) is 10.4. The summed E-state index contributed by atoms with van der Waals surface area (Å²) in [6.07, 6.45) is 19.5. The minimum atomic E-state index is -0.981. The Morgan fingerprint density at radius 3 is 1.42 bits per heavy atom. The van der Waals surface area contributed by atoms with Gasteiger partial charge in [-0.05, 0) is 45.3 Å². The quantitative estimate of drug-likeness (QED) is 0.0829. The molecule has 7 heteroatoms. The number of amides is 2. The molecule has 0 rings (SSSR count). The molecule has 7 nitrogen and oxygen atoms in total. The molecule has 0 fully saturated rings. The molecule has 0 bridgehead atoms. The predicted octanol–water partition coefficient (Wildman–Crippen LogP) is 6.08. The number of hydrogen-bond donors (Lipinski definition) is 3. The second-order valence-electron chi connectivity index (χ2n) is 9.50. The molecule has 0 aliphatic rings. The SMILES string of the molecule is C=CC(=O)O.CCCCCCCCCCCCNC(=O)CC(=O)NCCCN(CCCC)CCCC. The summed E-state index contributed by atoms with van der Waals surface area (Å²) in [5, 5.41) is 13.4. The molecule has 0 aromatic heterocycles. The van der Waals surface area contributed by atoms with E-state index in [1.165, 1.54) is 77.0 Å². The summed E-state index contributed by atoms with van der Waals surface area (Å²) in [6, 6.07) is 0. The van der Waals surface area contributed by atoms with Gasteiger partial charge >= 0.3 is 5.97 Å². The first kappa shape index (κ1) is 36.3. The van der Waals surface area contributed by atoms with E-state index in [1.54, 1.807) is 0 Å². The van der Waals surface area contributed by atoms with E-state index in [0.717, 1.165) is 45.0 Å². The second-order valence-corrected chi connectivity index (χ2v) is 9.50. The summed E-state index contributed by atoms with van der Waals surface area (Å²) in [5.41, 5.74) is 0. The summed E-state index contributed by atoms with van der Waals surface area (Å²) in [7, 11) is 0. The van der Waals surface area contributed by atoms with Crippen LogP contribution in [0.4, 0.5) is 0 Å². The smallest absolute Gasteiger partial charge is 0.327 e. The third-order valence-electron chi connectivity index (χ3n) is 5.98. The first-order valence-electron chi connectivity index (χ1n) is 14.5. The third-order valence-corrected chi connectivity index (χ3v) is 5.98. The van der Waals surface area contributed by atoms with E-state index in [9.17, 15) is 14.4 Å². The molecule has 0 unspecified atom stereocenters. The summed E-state index contributed by atoms with van der Waals surface area (Å²) in [6.45, 7) is 14.3. The van der Waals surface area contributed by atoms with E-state index in [0.29, 0.717) is 13.1 Å². The summed E-state index contributed by atoms with van der Waals surface area (Å²) in [4.78, 5) is 35.6. The highest BCUT2D eigenvalue weighted by atomic mass is 16.4. The zero-order valence-corrected chi connectivity index (χ0v) is 23.8. The van der Waals surface area contributed by atoms with Crippen molar-refractivity contribution in [2.75, 3.05) is 32.7 Å². The number of hydrogen-bond acceptors (Lipinski definition) is 4. The van der Waals surface area contributed by atoms with Gasteiger partial charge in [0.15, 0.2) is 0 Å². The van der Waals surface area contributed by atoms with Crippen molar-refractivity contribution in [2.45, 2.75) is 124 Å². The average Bonchev–Trinajstić information content (AvgIpc) is 2.86. The minimum Gasteiger partial charge on any atom is -0.478 e. The highest BCUT2D eigenvalue weighted by Crippen LogP contribution is 2.10. The number of carboxylic acids is 1. The van der Waals surface area contributed by atoms with Crippen LogP contribution in [0.3, 0.4) is 0 Å². The van der Waals surface area contributed by atoms with E-state index in [-0.39, 0.29) is 18.2 Å². The number of carbonyl (C=O) groups is 3. The molecule has 0 saturated heterocycles. The van der Waals surface area contributed by atoms with Crippen LogP contribution in [-0.4, -0.2) is 60.5 Å². The van der Waals surface area contributed by atoms with E-state index < -0.39 is 5.97 Å². The molecule has 212 valence electrons. The van der Waals surface area contributed by atoms with Crippen molar-refractivity contribution < 1.29 is 19.5 Å². The zero-order chi connectivity index (χ0) is 27.3. The predicted molar refractivity (Wildman–Crippen MR) is 151 cm³/mol. The number of carboxylic acid groups (broad SMARTS) is 1. The van der Waals surface area contributed by atoms with Crippen molar-refractivity contribution in [3.05, 3.63) is 12.7 Å². The Morgan fingerprint density at radius 2 is 1.00 bits per heavy atom. The van der Waals surface area contributed by atoms with Gasteiger partial charge < -0.3 is 20.6 Å². The molecular weight excluding hydrogens is 454 g/mol. The van der Waals surface area contributed by atoms with Gasteiger partial charge in [-0.2, -0.15) is 0 Å². The van der Waals surface area contributed by atoms with Crippen LogP contribution < -0.4 is 10.6 Å². The van der Waals surface area contributed by atoms with Crippen LogP contribution >= 0.6 is 0 Å². The van der Waals surface area contributed by atoms with Crippen LogP contribution in [0, 0.1) is 0 Å². The van der Waals surface area contributed by atoms with Gasteiger partial charge in [0.1, 0.15) is 6.42 Å². The number of nitrogens with zero attached hydrogens (tertiary/aromatic N) is 1. The maximum absolute atomic E-state index is 12.0. The van der Waals surface area contributed by atoms with Crippen LogP contribution in [0.1, 0.15) is 124 Å². The lowest BCUT2D eigenvalue weighted by Crippen LogP contribution is -2.34. The Kier molecular flexibility index (Phi) is 29.6. The number of unbranched alkanes of at least 4 members (excludes halogenated alkanes) is 11. The zero-order valence-electron chi connectivity index (χ0n) is 23.8. The lowest BCUT2D eigenvalue weighted by atomic mass is 10.1. The van der Waals surface area contributed by atoms with E-state index in [4.69, 9.17) is 5.11 Å². The second kappa shape index (κ2) is 29.3. The Bertz CT molecular complexity index is 533. The van der Waals surface area contributed by atoms with Crippen molar-refractivity contribution in [3.63, 3.8) is 0 Å². The molecule has 2 amide bonds. The van der Waals surface area contributed by atoms with Crippen LogP contribution in [0.2, 0.25) is 0 Å². The molecule has 0 aliphatic carbocycles. The molecule has 3 N–H and O–H groups in total. The van der Waals surface area contributed by atoms with Crippen molar-refractivity contribution in [1.29, 1.82) is 0 Å². The first-order valence-corrected chi connectivity index (χ1v) is 14.5. The fourth-order valence-electron chi connectivity index (χ4n) is 3.74. The Morgan fingerprint density at radius 1 is 0.639 bits per heavy atom. The molecule has 0 heterocycles. The van der Waals surface area contributed by atoms with Crippen molar-refractivity contribution in [3.8, 4) is 0 Å². The third kappa shape index (κ3) is 30.1. The molecule has 0 aromatic rings. The van der Waals surface area contributed by atoms with Gasteiger partial charge in [0.05, 0.1) is 0 Å². The molecule has 0 aliphatic heterocycles. The lowest BCUT2D eigenvalue weighted by molar-refractivity contribution is -0.132. The highest BCUT2D eigenvalue weighted by molar-refractivity contribution is 5.96. The molecule has 36 heavy (non-hydrogen) atoms. The monoisotopic (exact) mass is 511 g/mol. The van der Waals surface area contributed by atoms with E-state index in [2.05, 4.69) is 42.9 Å². The van der Waals surface area contributed by atoms with Crippen LogP contribution in [-0.2, 0) is 14.4 Å². The fourth-order valence-corrected chi connectivity index (χ4v) is 3.74. The number of rotatable bonds is 24. The van der Waals surface area contributed by atoms with Crippen LogP contribution in [0.25, 0.3) is 0 Å². The van der Waals surface area contributed by atoms with Gasteiger partial charge in [-0.25, -0.2) is 4.79 Å². The van der Waals surface area contributed by atoms with Crippen molar-refractivity contribution >= 4 is 17.8 Å². The summed E-state index contributed by atoms with van der Waals surface area (Å²) in [5.74, 6) is -1.29. The largest absolute Gasteiger partial charge is 0.478 e. The first-order chi connectivity index (χ1) is 17.4.